The number of fused-ring (bicyclic) bond motifs is 1. The van der Waals surface area contributed by atoms with Gasteiger partial charge in [0.1, 0.15) is 5.82 Å². The molecule has 144 valence electrons. The summed E-state index contributed by atoms with van der Waals surface area (Å²) < 4.78 is 15.1. The van der Waals surface area contributed by atoms with Gasteiger partial charge in [-0.25, -0.2) is 13.8 Å². The van der Waals surface area contributed by atoms with Crippen molar-refractivity contribution in [1.82, 2.24) is 20.0 Å². The Hall–Kier alpha value is -2.81. The molecule has 1 unspecified atom stereocenters. The number of imide groups is 1. The first kappa shape index (κ1) is 19.0. The molecule has 2 aliphatic rings. The Kier molecular flexibility index (Phi) is 5.22. The molecule has 0 aromatic heterocycles. The van der Waals surface area contributed by atoms with Gasteiger partial charge >= 0.3 is 12.0 Å². The average molecular weight is 375 g/mol. The zero-order valence-electron chi connectivity index (χ0n) is 15.9. The van der Waals surface area contributed by atoms with Crippen LogP contribution in [0.2, 0.25) is 0 Å². The third-order valence-corrected chi connectivity index (χ3v) is 4.64. The third kappa shape index (κ3) is 3.68. The van der Waals surface area contributed by atoms with Crippen LogP contribution in [0.4, 0.5) is 9.18 Å². The lowest BCUT2D eigenvalue weighted by molar-refractivity contribution is -0.553. The predicted molar refractivity (Wildman–Crippen MR) is 99.1 cm³/mol. The van der Waals surface area contributed by atoms with Gasteiger partial charge in [-0.3, -0.25) is 19.9 Å². The van der Waals surface area contributed by atoms with E-state index in [0.717, 1.165) is 17.0 Å². The molecule has 27 heavy (non-hydrogen) atoms. The van der Waals surface area contributed by atoms with E-state index in [-0.39, 0.29) is 11.7 Å². The van der Waals surface area contributed by atoms with E-state index in [2.05, 4.69) is 10.3 Å². The van der Waals surface area contributed by atoms with E-state index >= 15 is 0 Å². The first-order valence-corrected chi connectivity index (χ1v) is 8.70. The molecule has 1 saturated heterocycles. The van der Waals surface area contributed by atoms with Gasteiger partial charge in [0.05, 0.1) is 13.1 Å². The van der Waals surface area contributed by atoms with E-state index in [1.165, 1.54) is 24.1 Å². The molecule has 3 rings (SSSR count). The van der Waals surface area contributed by atoms with Gasteiger partial charge in [-0.2, -0.15) is 0 Å². The highest BCUT2D eigenvalue weighted by Gasteiger charge is 2.51. The van der Waals surface area contributed by atoms with Crippen molar-refractivity contribution in [2.75, 3.05) is 41.3 Å². The molecule has 1 fully saturated rings. The highest BCUT2D eigenvalue weighted by molar-refractivity contribution is 6.22. The Morgan fingerprint density at radius 2 is 1.85 bits per heavy atom. The number of amidine groups is 1. The molecule has 0 spiro atoms. The molecule has 1 aromatic rings. The van der Waals surface area contributed by atoms with E-state index < -0.39 is 12.1 Å². The summed E-state index contributed by atoms with van der Waals surface area (Å²) >= 11 is 0. The highest BCUT2D eigenvalue weighted by Crippen LogP contribution is 2.20. The summed E-state index contributed by atoms with van der Waals surface area (Å²) in [6, 6.07) is 5.02. The number of benzene rings is 1. The van der Waals surface area contributed by atoms with Gasteiger partial charge in [-0.1, -0.05) is 17.1 Å². The fourth-order valence-electron chi connectivity index (χ4n) is 3.08. The minimum Gasteiger partial charge on any atom is -0.306 e. The number of nitrogens with one attached hydrogen (secondary N) is 1. The van der Waals surface area contributed by atoms with Crippen molar-refractivity contribution in [2.24, 2.45) is 4.99 Å². The van der Waals surface area contributed by atoms with Crippen molar-refractivity contribution in [3.05, 3.63) is 35.6 Å². The number of hydrogen-bond donors (Lipinski definition) is 1. The molecule has 0 saturated carbocycles. The molecular formula is C18H24FN6O2+. The Balaban J connectivity index is 1.93. The fraction of sp³-hybridized carbons (Fsp3) is 0.444. The molecule has 9 heteroatoms. The smallest absolute Gasteiger partial charge is 0.306 e. The molecule has 1 aromatic carbocycles. The van der Waals surface area contributed by atoms with Crippen LogP contribution < -0.4 is 5.32 Å². The molecule has 2 heterocycles. The standard InChI is InChI=1S/C18H23FN6O2/c1-22(2)10-9-20-17-21-15-14(16(26)24(4)18(27)23(15)3)25(17)11-12-5-7-13(19)8-6-12/h5-8,14H,9-11H2,1-4H3/p+1. The summed E-state index contributed by atoms with van der Waals surface area (Å²) in [7, 11) is 7.00. The van der Waals surface area contributed by atoms with Crippen LogP contribution in [0.3, 0.4) is 0 Å². The van der Waals surface area contributed by atoms with Crippen molar-refractivity contribution in [1.29, 1.82) is 0 Å². The maximum atomic E-state index is 13.2. The maximum absolute atomic E-state index is 13.2. The number of amides is 3. The molecule has 2 aliphatic heterocycles. The first-order chi connectivity index (χ1) is 12.8. The molecular weight excluding hydrogens is 351 g/mol. The molecule has 8 nitrogen and oxygen atoms in total. The lowest BCUT2D eigenvalue weighted by atomic mass is 10.1. The number of likely N-dealkylation sites (N-methyl/N-ethyl adjacent to an activating group) is 3. The first-order valence-electron chi connectivity index (χ1n) is 8.70. The molecule has 3 amide bonds. The number of carbonyl (C=O) groups excluding carboxylic acids is 2. The van der Waals surface area contributed by atoms with Crippen LogP contribution >= 0.6 is 0 Å². The lowest BCUT2D eigenvalue weighted by Gasteiger charge is -2.31. The number of halogens is 1. The predicted octanol–water partition coefficient (Wildman–Crippen LogP) is 0.150. The van der Waals surface area contributed by atoms with E-state index in [1.54, 1.807) is 19.2 Å². The number of nitrogens with zero attached hydrogens (tertiary/aromatic N) is 5. The summed E-state index contributed by atoms with van der Waals surface area (Å²) in [4.78, 5) is 34.1. The monoisotopic (exact) mass is 375 g/mol. The van der Waals surface area contributed by atoms with Crippen LogP contribution in [0.5, 0.6) is 0 Å². The Morgan fingerprint density at radius 3 is 2.48 bits per heavy atom. The molecule has 0 aliphatic carbocycles. The molecule has 1 atom stereocenters. The number of rotatable bonds is 5. The summed E-state index contributed by atoms with van der Waals surface area (Å²) in [5, 5.41) is 3.25. The van der Waals surface area contributed by atoms with Gasteiger partial charge in [0, 0.05) is 20.6 Å². The average Bonchev–Trinajstić information content (AvgIpc) is 2.98. The largest absolute Gasteiger partial charge is 0.390 e. The minimum atomic E-state index is -0.690. The second-order valence-electron chi connectivity index (χ2n) is 6.92. The van der Waals surface area contributed by atoms with Crippen molar-refractivity contribution in [2.45, 2.75) is 12.6 Å². The summed E-state index contributed by atoms with van der Waals surface area (Å²) in [6.45, 7) is 1.78. The van der Waals surface area contributed by atoms with E-state index in [9.17, 15) is 14.0 Å². The van der Waals surface area contributed by atoms with Gasteiger partial charge in [0.15, 0.2) is 0 Å². The number of urea groups is 1. The number of carbonyl (C=O) groups is 2. The fourth-order valence-corrected chi connectivity index (χ4v) is 3.08. The van der Waals surface area contributed by atoms with Gasteiger partial charge < -0.3 is 4.90 Å². The van der Waals surface area contributed by atoms with Crippen LogP contribution in [0, 0.1) is 5.82 Å². The summed E-state index contributed by atoms with van der Waals surface area (Å²) in [6.07, 6.45) is 0. The lowest BCUT2D eigenvalue weighted by Crippen LogP contribution is -2.61. The Bertz CT molecular complexity index is 818. The highest BCUT2D eigenvalue weighted by atomic mass is 19.1. The normalized spacial score (nSPS) is 19.8. The van der Waals surface area contributed by atoms with Crippen molar-refractivity contribution < 1.29 is 18.6 Å². The minimum absolute atomic E-state index is 0.316. The van der Waals surface area contributed by atoms with Crippen LogP contribution in [-0.2, 0) is 11.3 Å². The quantitative estimate of drug-likeness (QED) is 0.744. The van der Waals surface area contributed by atoms with E-state index in [0.29, 0.717) is 24.9 Å². The summed E-state index contributed by atoms with van der Waals surface area (Å²) in [5.74, 6) is 0.287. The number of aliphatic imine (C=N–C) groups is 1. The van der Waals surface area contributed by atoms with Crippen LogP contribution in [0.25, 0.3) is 0 Å². The van der Waals surface area contributed by atoms with Gasteiger partial charge in [-0.05, 0) is 31.8 Å². The maximum Gasteiger partial charge on any atom is 0.390 e. The van der Waals surface area contributed by atoms with Crippen LogP contribution in [0.15, 0.2) is 29.3 Å². The van der Waals surface area contributed by atoms with Crippen molar-refractivity contribution in [3.63, 3.8) is 0 Å². The van der Waals surface area contributed by atoms with E-state index in [4.69, 9.17) is 0 Å². The molecule has 1 N–H and O–H groups in total. The van der Waals surface area contributed by atoms with Crippen molar-refractivity contribution >= 4 is 23.7 Å². The molecule has 0 radical (unpaired) electrons. The topological polar surface area (TPSA) is 71.3 Å². The van der Waals surface area contributed by atoms with Crippen LogP contribution in [-0.4, -0.2) is 90.3 Å². The van der Waals surface area contributed by atoms with E-state index in [1.807, 2.05) is 23.6 Å². The van der Waals surface area contributed by atoms with Gasteiger partial charge in [0.2, 0.25) is 11.9 Å². The zero-order chi connectivity index (χ0) is 19.7. The Labute approximate surface area is 157 Å². The third-order valence-electron chi connectivity index (χ3n) is 4.64. The number of guanidine groups is 1. The second-order valence-corrected chi connectivity index (χ2v) is 6.92. The summed E-state index contributed by atoms with van der Waals surface area (Å²) in [5.41, 5.74) is 0.842. The Morgan fingerprint density at radius 1 is 1.19 bits per heavy atom. The zero-order valence-corrected chi connectivity index (χ0v) is 15.9. The van der Waals surface area contributed by atoms with Gasteiger partial charge in [-0.15, -0.1) is 0 Å². The van der Waals surface area contributed by atoms with Crippen molar-refractivity contribution in [3.8, 4) is 0 Å². The molecule has 0 bridgehead atoms. The van der Waals surface area contributed by atoms with Crippen LogP contribution in [0.1, 0.15) is 5.56 Å². The van der Waals surface area contributed by atoms with Gasteiger partial charge in [0.25, 0.3) is 5.91 Å². The second kappa shape index (κ2) is 7.43. The number of hydrogen-bond acceptors (Lipinski definition) is 5. The SMILES string of the molecule is CN(C)CCNC1=[N+](Cc2ccc(F)cc2)C2C(=O)N(C)C(=O)N(C)C2=N1.